The Balaban J connectivity index is 2.31. The van der Waals surface area contributed by atoms with Gasteiger partial charge in [-0.3, -0.25) is 5.43 Å². The minimum Gasteiger partial charge on any atom is -0.376 e. The number of hydrogen-bond donors (Lipinski definition) is 1. The van der Waals surface area contributed by atoms with Crippen LogP contribution >= 0.6 is 11.6 Å². The summed E-state index contributed by atoms with van der Waals surface area (Å²) >= 11 is 5.90. The second-order valence-corrected chi connectivity index (χ2v) is 7.58. The summed E-state index contributed by atoms with van der Waals surface area (Å²) in [5, 5.41) is 6.28. The van der Waals surface area contributed by atoms with Gasteiger partial charge < -0.3 is 9.02 Å². The van der Waals surface area contributed by atoms with E-state index in [9.17, 15) is 21.6 Å². The van der Waals surface area contributed by atoms with Crippen LogP contribution in [0.3, 0.4) is 0 Å². The number of alkyl halides is 3. The van der Waals surface area contributed by atoms with Gasteiger partial charge in [-0.15, -0.1) is 0 Å². The van der Waals surface area contributed by atoms with Crippen LogP contribution in [0.1, 0.15) is 11.1 Å². The maximum Gasteiger partial charge on any atom is 0.534 e. The molecule has 2 rings (SSSR count). The summed E-state index contributed by atoms with van der Waals surface area (Å²) in [6.45, 7) is 0.249. The zero-order valence-electron chi connectivity index (χ0n) is 15.3. The number of nitrogens with zero attached hydrogens (tertiary/aromatic N) is 2. The molecule has 0 fully saturated rings. The molecule has 0 aliphatic rings. The van der Waals surface area contributed by atoms with Crippen LogP contribution in [-0.2, 0) is 15.0 Å². The quantitative estimate of drug-likeness (QED) is 0.218. The first-order chi connectivity index (χ1) is 13.5. The molecule has 0 amide bonds. The molecule has 0 aliphatic heterocycles. The van der Waals surface area contributed by atoms with Crippen molar-refractivity contribution in [3.63, 3.8) is 0 Å². The average Bonchev–Trinajstić information content (AvgIpc) is 2.65. The zero-order valence-corrected chi connectivity index (χ0v) is 16.8. The predicted molar refractivity (Wildman–Crippen MR) is 102 cm³/mol. The molecule has 0 saturated heterocycles. The fourth-order valence-corrected chi connectivity index (χ4v) is 2.61. The van der Waals surface area contributed by atoms with Crippen molar-refractivity contribution in [3.05, 3.63) is 64.7 Å². The van der Waals surface area contributed by atoms with E-state index in [0.29, 0.717) is 21.9 Å². The topological polar surface area (TPSA) is 80.2 Å². The first kappa shape index (κ1) is 22.9. The van der Waals surface area contributed by atoms with Crippen molar-refractivity contribution in [2.24, 2.45) is 5.10 Å². The number of hydrogen-bond acceptors (Lipinski definition) is 7. The zero-order chi connectivity index (χ0) is 21.7. The lowest BCUT2D eigenvalue weighted by molar-refractivity contribution is -0.113. The fourth-order valence-electron chi connectivity index (χ4n) is 2.02. The molecule has 0 heterocycles. The Morgan fingerprint density at radius 1 is 1.10 bits per heavy atom. The molecule has 0 radical (unpaired) electrons. The smallest absolute Gasteiger partial charge is 0.376 e. The largest absolute Gasteiger partial charge is 0.534 e. The van der Waals surface area contributed by atoms with E-state index in [1.807, 2.05) is 0 Å². The highest BCUT2D eigenvalue weighted by Crippen LogP contribution is 2.27. The molecule has 0 aliphatic carbocycles. The lowest BCUT2D eigenvalue weighted by atomic mass is 10.0. The molecule has 12 heteroatoms. The van der Waals surface area contributed by atoms with Crippen LogP contribution in [0.25, 0.3) is 0 Å². The summed E-state index contributed by atoms with van der Waals surface area (Å²) in [6.07, 6.45) is 0. The van der Waals surface area contributed by atoms with Gasteiger partial charge in [-0.05, 0) is 36.4 Å². The maximum absolute atomic E-state index is 12.4. The van der Waals surface area contributed by atoms with E-state index in [-0.39, 0.29) is 6.67 Å². The third-order valence-electron chi connectivity index (χ3n) is 3.53. The van der Waals surface area contributed by atoms with Crippen LogP contribution in [0, 0.1) is 0 Å². The molecular weight excluding hydrogens is 435 g/mol. The van der Waals surface area contributed by atoms with Crippen molar-refractivity contribution in [1.82, 2.24) is 10.5 Å². The summed E-state index contributed by atoms with van der Waals surface area (Å²) in [5.74, 6) is -0.478. The molecule has 0 saturated carbocycles. The number of halogens is 4. The molecule has 0 aromatic heterocycles. The van der Waals surface area contributed by atoms with Crippen LogP contribution in [0.4, 0.5) is 13.2 Å². The van der Waals surface area contributed by atoms with Gasteiger partial charge in [0.2, 0.25) is 0 Å². The molecule has 0 bridgehead atoms. The third-order valence-corrected chi connectivity index (χ3v) is 4.76. The number of hydrazone groups is 1. The van der Waals surface area contributed by atoms with E-state index < -0.39 is 21.4 Å². The maximum atomic E-state index is 12.4. The van der Waals surface area contributed by atoms with Crippen molar-refractivity contribution in [2.75, 3.05) is 20.8 Å². The van der Waals surface area contributed by atoms with Gasteiger partial charge in [-0.2, -0.15) is 31.8 Å². The van der Waals surface area contributed by atoms with Crippen LogP contribution in [-0.4, -0.2) is 45.5 Å². The van der Waals surface area contributed by atoms with Gasteiger partial charge in [-0.1, -0.05) is 23.7 Å². The number of rotatable bonds is 8. The Bertz CT molecular complexity index is 949. The van der Waals surface area contributed by atoms with E-state index in [1.54, 1.807) is 31.3 Å². The Morgan fingerprint density at radius 3 is 2.10 bits per heavy atom. The van der Waals surface area contributed by atoms with Gasteiger partial charge in [0.25, 0.3) is 0 Å². The summed E-state index contributed by atoms with van der Waals surface area (Å²) in [7, 11) is -2.58. The molecule has 158 valence electrons. The van der Waals surface area contributed by atoms with E-state index in [0.717, 1.165) is 12.1 Å². The van der Waals surface area contributed by atoms with Crippen LogP contribution < -0.4 is 9.61 Å². The first-order valence-electron chi connectivity index (χ1n) is 7.96. The normalized spacial score (nSPS) is 12.9. The first-order valence-corrected chi connectivity index (χ1v) is 9.75. The van der Waals surface area contributed by atoms with Gasteiger partial charge in [0, 0.05) is 23.2 Å². The van der Waals surface area contributed by atoms with Crippen molar-refractivity contribution in [1.29, 1.82) is 0 Å². The molecule has 0 unspecified atom stereocenters. The van der Waals surface area contributed by atoms with Gasteiger partial charge in [0.15, 0.2) is 0 Å². The molecule has 29 heavy (non-hydrogen) atoms. The summed E-state index contributed by atoms with van der Waals surface area (Å²) in [4.78, 5) is 4.97. The van der Waals surface area contributed by atoms with E-state index in [2.05, 4.69) is 14.7 Å². The molecule has 0 atom stereocenters. The molecular formula is C17H17ClF3N3O4S. The SMILES string of the molecule is CON(C)CNN=C(c1ccc(Cl)cc1)c1ccc(OS(=O)(=O)C(F)(F)F)cc1. The molecule has 0 spiro atoms. The second kappa shape index (κ2) is 9.44. The Kier molecular flexibility index (Phi) is 7.47. The fraction of sp³-hybridized carbons (Fsp3) is 0.235. The molecule has 2 aromatic carbocycles. The highest BCUT2D eigenvalue weighted by atomic mass is 35.5. The summed E-state index contributed by atoms with van der Waals surface area (Å²) in [6, 6.07) is 11.7. The Labute approximate surface area is 170 Å². The highest BCUT2D eigenvalue weighted by Gasteiger charge is 2.48. The Hall–Kier alpha value is -2.34. The monoisotopic (exact) mass is 451 g/mol. The van der Waals surface area contributed by atoms with Crippen molar-refractivity contribution in [2.45, 2.75) is 5.51 Å². The average molecular weight is 452 g/mol. The van der Waals surface area contributed by atoms with Crippen LogP contribution in [0.2, 0.25) is 5.02 Å². The second-order valence-electron chi connectivity index (χ2n) is 5.60. The van der Waals surface area contributed by atoms with Gasteiger partial charge in [-0.25, -0.2) is 0 Å². The number of hydroxylamine groups is 2. The van der Waals surface area contributed by atoms with Gasteiger partial charge in [0.05, 0.1) is 12.8 Å². The number of benzene rings is 2. The van der Waals surface area contributed by atoms with Crippen molar-refractivity contribution in [3.8, 4) is 5.75 Å². The third kappa shape index (κ3) is 6.32. The minimum atomic E-state index is -5.74. The summed E-state index contributed by atoms with van der Waals surface area (Å²) in [5.41, 5.74) is -1.11. The summed E-state index contributed by atoms with van der Waals surface area (Å²) < 4.78 is 63.7. The Morgan fingerprint density at radius 2 is 1.62 bits per heavy atom. The predicted octanol–water partition coefficient (Wildman–Crippen LogP) is 3.36. The van der Waals surface area contributed by atoms with E-state index >= 15 is 0 Å². The van der Waals surface area contributed by atoms with Crippen molar-refractivity contribution >= 4 is 27.4 Å². The minimum absolute atomic E-state index is 0.249. The standard InChI is InChI=1S/C17H17ClF3N3O4S/c1-24(27-2)11-22-23-16(12-3-7-14(18)8-4-12)13-5-9-15(10-6-13)28-29(25,26)17(19,20)21/h3-10,22H,11H2,1-2H3. The molecule has 7 nitrogen and oxygen atoms in total. The van der Waals surface area contributed by atoms with Crippen LogP contribution in [0.15, 0.2) is 53.6 Å². The highest BCUT2D eigenvalue weighted by molar-refractivity contribution is 7.88. The van der Waals surface area contributed by atoms with E-state index in [1.165, 1.54) is 24.3 Å². The van der Waals surface area contributed by atoms with E-state index in [4.69, 9.17) is 16.4 Å². The lowest BCUT2D eigenvalue weighted by Gasteiger charge is -2.14. The van der Waals surface area contributed by atoms with Crippen molar-refractivity contribution < 1.29 is 30.6 Å². The van der Waals surface area contributed by atoms with Gasteiger partial charge >= 0.3 is 15.6 Å². The number of nitrogens with one attached hydrogen (secondary N) is 1. The molecule has 2 aromatic rings. The molecule has 1 N–H and O–H groups in total. The lowest BCUT2D eigenvalue weighted by Crippen LogP contribution is -2.28. The van der Waals surface area contributed by atoms with Crippen LogP contribution in [0.5, 0.6) is 5.75 Å². The van der Waals surface area contributed by atoms with Gasteiger partial charge in [0.1, 0.15) is 12.4 Å².